The number of carboxylic acids is 1. The summed E-state index contributed by atoms with van der Waals surface area (Å²) in [5.74, 6) is 0.290. The van der Waals surface area contributed by atoms with Crippen LogP contribution < -0.4 is 14.8 Å². The van der Waals surface area contributed by atoms with Crippen LogP contribution in [0.2, 0.25) is 0 Å². The van der Waals surface area contributed by atoms with Crippen LogP contribution in [0, 0.1) is 0 Å². The Bertz CT molecular complexity index is 1390. The molecule has 1 amide bonds. The van der Waals surface area contributed by atoms with Gasteiger partial charge in [0, 0.05) is 12.3 Å². The van der Waals surface area contributed by atoms with E-state index in [1.54, 1.807) is 24.3 Å². The molecule has 1 heterocycles. The van der Waals surface area contributed by atoms with Gasteiger partial charge < -0.3 is 19.9 Å². The molecule has 1 aliphatic carbocycles. The molecule has 2 N–H and O–H groups in total. The average molecular weight is 483 g/mol. The molecule has 0 spiro atoms. The van der Waals surface area contributed by atoms with Gasteiger partial charge in [-0.1, -0.05) is 30.7 Å². The number of aromatic nitrogens is 1. The fraction of sp³-hybridized carbons (Fsp3) is 0.207. The van der Waals surface area contributed by atoms with Gasteiger partial charge in [-0.15, -0.1) is 0 Å². The minimum Gasteiger partial charge on any atom is -0.490 e. The second kappa shape index (κ2) is 10.5. The first-order valence-electron chi connectivity index (χ1n) is 12.0. The molecule has 1 aromatic heterocycles. The Morgan fingerprint density at radius 3 is 2.31 bits per heavy atom. The number of benzene rings is 3. The summed E-state index contributed by atoms with van der Waals surface area (Å²) in [7, 11) is 0. The molecule has 182 valence electrons. The molecule has 7 nitrogen and oxygen atoms in total. The zero-order chi connectivity index (χ0) is 24.9. The number of para-hydroxylation sites is 1. The van der Waals surface area contributed by atoms with Gasteiger partial charge in [-0.25, -0.2) is 9.78 Å². The second-order valence-corrected chi connectivity index (χ2v) is 8.84. The fourth-order valence-electron chi connectivity index (χ4n) is 4.38. The van der Waals surface area contributed by atoms with Gasteiger partial charge >= 0.3 is 5.97 Å². The molecule has 7 heteroatoms. The number of carbonyl (C=O) groups is 2. The fourth-order valence-corrected chi connectivity index (χ4v) is 4.38. The molecule has 0 radical (unpaired) electrons. The van der Waals surface area contributed by atoms with Gasteiger partial charge in [-0.3, -0.25) is 4.79 Å². The molecule has 36 heavy (non-hydrogen) atoms. The van der Waals surface area contributed by atoms with Crippen molar-refractivity contribution in [3.05, 3.63) is 90.1 Å². The molecule has 1 fully saturated rings. The number of carboxylic acid groups (broad SMARTS) is 1. The molecule has 1 saturated carbocycles. The van der Waals surface area contributed by atoms with Gasteiger partial charge in [0.25, 0.3) is 5.91 Å². The first-order valence-corrected chi connectivity index (χ1v) is 12.0. The van der Waals surface area contributed by atoms with Crippen LogP contribution in [0.15, 0.2) is 79.0 Å². The van der Waals surface area contributed by atoms with Crippen LogP contribution in [0.3, 0.4) is 0 Å². The summed E-state index contributed by atoms with van der Waals surface area (Å²) >= 11 is 0. The Morgan fingerprint density at radius 2 is 1.58 bits per heavy atom. The number of nitrogens with zero attached hydrogens (tertiary/aromatic N) is 1. The van der Waals surface area contributed by atoms with Crippen molar-refractivity contribution in [3.8, 4) is 17.4 Å². The maximum absolute atomic E-state index is 12.6. The number of anilines is 1. The molecule has 0 unspecified atom stereocenters. The monoisotopic (exact) mass is 482 g/mol. The highest BCUT2D eigenvalue weighted by molar-refractivity contribution is 6.07. The Balaban J connectivity index is 1.24. The number of amides is 1. The van der Waals surface area contributed by atoms with E-state index in [0.29, 0.717) is 17.7 Å². The highest BCUT2D eigenvalue weighted by atomic mass is 16.5. The summed E-state index contributed by atoms with van der Waals surface area (Å²) in [5.41, 5.74) is 0.521. The van der Waals surface area contributed by atoms with Crippen LogP contribution in [0.25, 0.3) is 10.8 Å². The van der Waals surface area contributed by atoms with E-state index < -0.39 is 11.9 Å². The van der Waals surface area contributed by atoms with E-state index in [4.69, 9.17) is 9.47 Å². The van der Waals surface area contributed by atoms with Gasteiger partial charge in [0.2, 0.25) is 5.88 Å². The normalized spacial score (nSPS) is 13.8. The minimum absolute atomic E-state index is 0.0164. The van der Waals surface area contributed by atoms with Gasteiger partial charge in [-0.05, 0) is 78.9 Å². The van der Waals surface area contributed by atoms with E-state index in [1.807, 2.05) is 30.3 Å². The van der Waals surface area contributed by atoms with Crippen molar-refractivity contribution in [3.63, 3.8) is 0 Å². The molecule has 4 aromatic rings. The van der Waals surface area contributed by atoms with E-state index in [-0.39, 0.29) is 16.8 Å². The van der Waals surface area contributed by atoms with Gasteiger partial charge in [0.05, 0.1) is 22.9 Å². The van der Waals surface area contributed by atoms with Crippen molar-refractivity contribution in [2.75, 3.05) is 5.32 Å². The van der Waals surface area contributed by atoms with Crippen molar-refractivity contribution >= 4 is 28.3 Å². The number of aromatic carboxylic acids is 1. The Hall–Kier alpha value is -4.39. The third-order valence-electron chi connectivity index (χ3n) is 6.26. The van der Waals surface area contributed by atoms with Crippen LogP contribution in [0.5, 0.6) is 17.4 Å². The lowest BCUT2D eigenvalue weighted by molar-refractivity contribution is 0.0698. The lowest BCUT2D eigenvalue weighted by Crippen LogP contribution is -2.19. The molecular formula is C29H26N2O5. The van der Waals surface area contributed by atoms with Crippen molar-refractivity contribution in [1.29, 1.82) is 0 Å². The molecule has 1 aliphatic rings. The number of hydrogen-bond donors (Lipinski definition) is 2. The van der Waals surface area contributed by atoms with Crippen molar-refractivity contribution < 1.29 is 24.2 Å². The summed E-state index contributed by atoms with van der Waals surface area (Å²) in [4.78, 5) is 28.1. The predicted octanol–water partition coefficient (Wildman–Crippen LogP) is 6.69. The van der Waals surface area contributed by atoms with Crippen LogP contribution >= 0.6 is 0 Å². The Morgan fingerprint density at radius 1 is 0.861 bits per heavy atom. The second-order valence-electron chi connectivity index (χ2n) is 8.84. The number of nitrogens with one attached hydrogen (secondary N) is 1. The molecule has 0 bridgehead atoms. The van der Waals surface area contributed by atoms with Gasteiger partial charge in [0.15, 0.2) is 0 Å². The predicted molar refractivity (Wildman–Crippen MR) is 137 cm³/mol. The maximum Gasteiger partial charge on any atom is 0.337 e. The zero-order valence-electron chi connectivity index (χ0n) is 19.6. The maximum atomic E-state index is 12.6. The van der Waals surface area contributed by atoms with E-state index >= 15 is 0 Å². The topological polar surface area (TPSA) is 97.8 Å². The highest BCUT2D eigenvalue weighted by Gasteiger charge is 2.16. The molecule has 0 atom stereocenters. The summed E-state index contributed by atoms with van der Waals surface area (Å²) in [6, 6.07) is 21.3. The smallest absolute Gasteiger partial charge is 0.337 e. The van der Waals surface area contributed by atoms with E-state index in [2.05, 4.69) is 16.4 Å². The Labute approximate surface area is 208 Å². The van der Waals surface area contributed by atoms with Crippen molar-refractivity contribution in [1.82, 2.24) is 4.98 Å². The van der Waals surface area contributed by atoms with E-state index in [1.165, 1.54) is 37.6 Å². The largest absolute Gasteiger partial charge is 0.490 e. The van der Waals surface area contributed by atoms with Crippen LogP contribution in [-0.4, -0.2) is 28.1 Å². The number of rotatable bonds is 7. The van der Waals surface area contributed by atoms with E-state index in [0.717, 1.165) is 29.4 Å². The summed E-state index contributed by atoms with van der Waals surface area (Å²) in [5, 5.41) is 14.0. The molecule has 0 saturated heterocycles. The first-order chi connectivity index (χ1) is 17.5. The van der Waals surface area contributed by atoms with Crippen LogP contribution in [0.4, 0.5) is 5.69 Å². The van der Waals surface area contributed by atoms with Crippen molar-refractivity contribution in [2.24, 2.45) is 0 Å². The zero-order valence-corrected chi connectivity index (χ0v) is 19.6. The summed E-state index contributed by atoms with van der Waals surface area (Å²) in [6.45, 7) is 0. The minimum atomic E-state index is -1.11. The number of carbonyl (C=O) groups excluding carboxylic acids is 1. The SMILES string of the molecule is O=C(Nc1ccccc1C(=O)O)c1ccc(Oc2ccc3cc(OC4CCCCC4)ccc3c2)nc1. The lowest BCUT2D eigenvalue weighted by atomic mass is 9.98. The third kappa shape index (κ3) is 5.46. The van der Waals surface area contributed by atoms with Crippen molar-refractivity contribution in [2.45, 2.75) is 38.2 Å². The number of hydrogen-bond acceptors (Lipinski definition) is 5. The number of pyridine rings is 1. The molecule has 0 aliphatic heterocycles. The first kappa shape index (κ1) is 23.4. The van der Waals surface area contributed by atoms with E-state index in [9.17, 15) is 14.7 Å². The number of fused-ring (bicyclic) bond motifs is 1. The Kier molecular flexibility index (Phi) is 6.80. The molecular weight excluding hydrogens is 456 g/mol. The van der Waals surface area contributed by atoms with Crippen LogP contribution in [-0.2, 0) is 0 Å². The average Bonchev–Trinajstić information content (AvgIpc) is 2.90. The number of ether oxygens (including phenoxy) is 2. The highest BCUT2D eigenvalue weighted by Crippen LogP contribution is 2.29. The quantitative estimate of drug-likeness (QED) is 0.305. The molecule has 5 rings (SSSR count). The van der Waals surface area contributed by atoms with Gasteiger partial charge in [-0.2, -0.15) is 0 Å². The lowest BCUT2D eigenvalue weighted by Gasteiger charge is -2.23. The molecule has 3 aromatic carbocycles. The van der Waals surface area contributed by atoms with Crippen LogP contribution in [0.1, 0.15) is 52.8 Å². The van der Waals surface area contributed by atoms with Gasteiger partial charge in [0.1, 0.15) is 11.5 Å². The standard InChI is InChI=1S/C29H26N2O5/c32-28(31-26-9-5-4-8-25(26)29(33)34)21-12-15-27(30-18-21)36-24-14-11-19-16-23(13-10-20(19)17-24)35-22-6-2-1-3-7-22/h4-5,8-18,22H,1-3,6-7H2,(H,31,32)(H,33,34). The summed E-state index contributed by atoms with van der Waals surface area (Å²) in [6.07, 6.45) is 7.70. The summed E-state index contributed by atoms with van der Waals surface area (Å²) < 4.78 is 12.1. The third-order valence-corrected chi connectivity index (χ3v) is 6.26.